The van der Waals surface area contributed by atoms with Crippen molar-refractivity contribution in [3.05, 3.63) is 29.8 Å². The highest BCUT2D eigenvalue weighted by molar-refractivity contribution is 5.78. The third kappa shape index (κ3) is 5.73. The van der Waals surface area contributed by atoms with Crippen molar-refractivity contribution in [1.82, 2.24) is 10.2 Å². The van der Waals surface area contributed by atoms with Crippen LogP contribution in [0.4, 0.5) is 5.69 Å². The summed E-state index contributed by atoms with van der Waals surface area (Å²) in [5.74, 6) is 0.0851. The number of methoxy groups -OCH3 is 1. The van der Waals surface area contributed by atoms with Crippen molar-refractivity contribution in [1.29, 1.82) is 0 Å². The maximum absolute atomic E-state index is 12.0. The molecule has 116 valence electrons. The SMILES string of the molecule is COCCCNC(=O)CN(Cc1cccc(N)c1)C1CC1. The van der Waals surface area contributed by atoms with Gasteiger partial charge in [0.1, 0.15) is 0 Å². The lowest BCUT2D eigenvalue weighted by molar-refractivity contribution is -0.122. The first-order valence-corrected chi connectivity index (χ1v) is 7.53. The summed E-state index contributed by atoms with van der Waals surface area (Å²) in [6.07, 6.45) is 3.21. The number of nitrogens with two attached hydrogens (primary N) is 1. The molecule has 3 N–H and O–H groups in total. The Labute approximate surface area is 126 Å². The summed E-state index contributed by atoms with van der Waals surface area (Å²) in [5.41, 5.74) is 7.74. The number of nitrogen functional groups attached to an aromatic ring is 1. The molecule has 0 spiro atoms. The lowest BCUT2D eigenvalue weighted by Crippen LogP contribution is -2.38. The lowest BCUT2D eigenvalue weighted by atomic mass is 10.2. The molecule has 5 heteroatoms. The molecule has 1 aromatic carbocycles. The number of hydrogen-bond acceptors (Lipinski definition) is 4. The highest BCUT2D eigenvalue weighted by Crippen LogP contribution is 2.28. The quantitative estimate of drug-likeness (QED) is 0.533. The predicted octanol–water partition coefficient (Wildman–Crippen LogP) is 1.39. The first kappa shape index (κ1) is 15.8. The number of rotatable bonds is 9. The number of benzene rings is 1. The second-order valence-electron chi connectivity index (χ2n) is 5.58. The van der Waals surface area contributed by atoms with Crippen LogP contribution in [0, 0.1) is 0 Å². The smallest absolute Gasteiger partial charge is 0.234 e. The second kappa shape index (κ2) is 8.00. The molecule has 0 atom stereocenters. The predicted molar refractivity (Wildman–Crippen MR) is 83.8 cm³/mol. The van der Waals surface area contributed by atoms with Gasteiger partial charge >= 0.3 is 0 Å². The third-order valence-corrected chi connectivity index (χ3v) is 3.59. The molecule has 1 aromatic rings. The normalized spacial score (nSPS) is 14.4. The average molecular weight is 291 g/mol. The molecule has 1 amide bonds. The molecule has 0 saturated heterocycles. The van der Waals surface area contributed by atoms with Gasteiger partial charge in [-0.05, 0) is 37.0 Å². The zero-order valence-corrected chi connectivity index (χ0v) is 12.7. The Balaban J connectivity index is 1.80. The van der Waals surface area contributed by atoms with Gasteiger partial charge in [0.2, 0.25) is 5.91 Å². The van der Waals surface area contributed by atoms with Gasteiger partial charge in [-0.25, -0.2) is 0 Å². The van der Waals surface area contributed by atoms with Crippen molar-refractivity contribution >= 4 is 11.6 Å². The average Bonchev–Trinajstić information content (AvgIpc) is 3.27. The Morgan fingerprint density at radius 2 is 2.29 bits per heavy atom. The Morgan fingerprint density at radius 3 is 2.95 bits per heavy atom. The Morgan fingerprint density at radius 1 is 1.48 bits per heavy atom. The van der Waals surface area contributed by atoms with Crippen LogP contribution >= 0.6 is 0 Å². The van der Waals surface area contributed by atoms with Crippen molar-refractivity contribution in [3.63, 3.8) is 0 Å². The lowest BCUT2D eigenvalue weighted by Gasteiger charge is -2.21. The van der Waals surface area contributed by atoms with E-state index in [4.69, 9.17) is 10.5 Å². The fraction of sp³-hybridized carbons (Fsp3) is 0.562. The summed E-state index contributed by atoms with van der Waals surface area (Å²) in [6, 6.07) is 8.42. The number of ether oxygens (including phenoxy) is 1. The number of carbonyl (C=O) groups excluding carboxylic acids is 1. The van der Waals surface area contributed by atoms with E-state index in [0.29, 0.717) is 25.7 Å². The molecule has 0 bridgehead atoms. The minimum absolute atomic E-state index is 0.0851. The van der Waals surface area contributed by atoms with E-state index in [1.54, 1.807) is 7.11 Å². The zero-order valence-electron chi connectivity index (χ0n) is 12.7. The molecular weight excluding hydrogens is 266 g/mol. The molecule has 21 heavy (non-hydrogen) atoms. The van der Waals surface area contributed by atoms with Crippen LogP contribution in [0.5, 0.6) is 0 Å². The number of amides is 1. The molecule has 0 radical (unpaired) electrons. The van der Waals surface area contributed by atoms with Crippen LogP contribution in [0.3, 0.4) is 0 Å². The van der Waals surface area contributed by atoms with Gasteiger partial charge in [0.15, 0.2) is 0 Å². The highest BCUT2D eigenvalue weighted by Gasteiger charge is 2.30. The first-order valence-electron chi connectivity index (χ1n) is 7.53. The molecule has 1 saturated carbocycles. The Kier molecular flexibility index (Phi) is 6.02. The van der Waals surface area contributed by atoms with Gasteiger partial charge in [-0.1, -0.05) is 12.1 Å². The van der Waals surface area contributed by atoms with Crippen LogP contribution in [-0.2, 0) is 16.1 Å². The third-order valence-electron chi connectivity index (χ3n) is 3.59. The number of nitrogens with one attached hydrogen (secondary N) is 1. The van der Waals surface area contributed by atoms with Crippen molar-refractivity contribution in [2.24, 2.45) is 0 Å². The van der Waals surface area contributed by atoms with E-state index in [1.165, 1.54) is 12.8 Å². The van der Waals surface area contributed by atoms with Gasteiger partial charge in [0.25, 0.3) is 0 Å². The molecule has 5 nitrogen and oxygen atoms in total. The molecular formula is C16H25N3O2. The van der Waals surface area contributed by atoms with Gasteiger partial charge in [0, 0.05) is 38.5 Å². The van der Waals surface area contributed by atoms with E-state index < -0.39 is 0 Å². The highest BCUT2D eigenvalue weighted by atomic mass is 16.5. The zero-order chi connectivity index (χ0) is 15.1. The molecule has 2 rings (SSSR count). The minimum Gasteiger partial charge on any atom is -0.399 e. The fourth-order valence-electron chi connectivity index (χ4n) is 2.36. The van der Waals surface area contributed by atoms with E-state index in [9.17, 15) is 4.79 Å². The summed E-state index contributed by atoms with van der Waals surface area (Å²) in [7, 11) is 1.67. The van der Waals surface area contributed by atoms with Crippen LogP contribution in [0.15, 0.2) is 24.3 Å². The maximum Gasteiger partial charge on any atom is 0.234 e. The van der Waals surface area contributed by atoms with Gasteiger partial charge in [-0.2, -0.15) is 0 Å². The second-order valence-corrected chi connectivity index (χ2v) is 5.58. The number of nitrogens with zero attached hydrogens (tertiary/aromatic N) is 1. The molecule has 1 aliphatic rings. The standard InChI is InChI=1S/C16H25N3O2/c1-21-9-3-8-18-16(20)12-19(15-6-7-15)11-13-4-2-5-14(17)10-13/h2,4-5,10,15H,3,6-9,11-12,17H2,1H3,(H,18,20). The maximum atomic E-state index is 12.0. The van der Waals surface area contributed by atoms with Gasteiger partial charge < -0.3 is 15.8 Å². The number of anilines is 1. The molecule has 0 aromatic heterocycles. The van der Waals surface area contributed by atoms with Crippen LogP contribution in [0.2, 0.25) is 0 Å². The Bertz CT molecular complexity index is 461. The summed E-state index contributed by atoms with van der Waals surface area (Å²) in [4.78, 5) is 14.2. The Hall–Kier alpha value is -1.59. The van der Waals surface area contributed by atoms with E-state index >= 15 is 0 Å². The molecule has 0 aliphatic heterocycles. The van der Waals surface area contributed by atoms with Crippen LogP contribution in [0.25, 0.3) is 0 Å². The monoisotopic (exact) mass is 291 g/mol. The number of hydrogen-bond donors (Lipinski definition) is 2. The van der Waals surface area contributed by atoms with E-state index in [0.717, 1.165) is 24.2 Å². The fourth-order valence-corrected chi connectivity index (χ4v) is 2.36. The van der Waals surface area contributed by atoms with E-state index in [1.807, 2.05) is 18.2 Å². The van der Waals surface area contributed by atoms with Gasteiger partial charge in [-0.3, -0.25) is 9.69 Å². The topological polar surface area (TPSA) is 67.6 Å². The summed E-state index contributed by atoms with van der Waals surface area (Å²) < 4.78 is 4.97. The van der Waals surface area contributed by atoms with Crippen molar-refractivity contribution in [3.8, 4) is 0 Å². The van der Waals surface area contributed by atoms with Gasteiger partial charge in [-0.15, -0.1) is 0 Å². The summed E-state index contributed by atoms with van der Waals surface area (Å²) >= 11 is 0. The van der Waals surface area contributed by atoms with Crippen LogP contribution < -0.4 is 11.1 Å². The van der Waals surface area contributed by atoms with Crippen molar-refractivity contribution in [2.45, 2.75) is 31.8 Å². The van der Waals surface area contributed by atoms with E-state index in [-0.39, 0.29) is 5.91 Å². The molecule has 1 fully saturated rings. The van der Waals surface area contributed by atoms with Crippen LogP contribution in [-0.4, -0.2) is 43.7 Å². The largest absolute Gasteiger partial charge is 0.399 e. The van der Waals surface area contributed by atoms with Gasteiger partial charge in [0.05, 0.1) is 6.54 Å². The number of carbonyl (C=O) groups is 1. The van der Waals surface area contributed by atoms with E-state index in [2.05, 4.69) is 16.3 Å². The van der Waals surface area contributed by atoms with Crippen molar-refractivity contribution < 1.29 is 9.53 Å². The summed E-state index contributed by atoms with van der Waals surface area (Å²) in [6.45, 7) is 2.58. The first-order chi connectivity index (χ1) is 10.2. The van der Waals surface area contributed by atoms with Crippen molar-refractivity contribution in [2.75, 3.05) is 32.5 Å². The minimum atomic E-state index is 0.0851. The molecule has 0 unspecified atom stereocenters. The summed E-state index contributed by atoms with van der Waals surface area (Å²) in [5, 5.41) is 2.94. The van der Waals surface area contributed by atoms with Crippen LogP contribution in [0.1, 0.15) is 24.8 Å². The molecule has 0 heterocycles. The molecule has 1 aliphatic carbocycles.